The van der Waals surface area contributed by atoms with Gasteiger partial charge in [0.1, 0.15) is 11.6 Å². The molecule has 1 saturated heterocycles. The molecule has 0 saturated carbocycles. The molecule has 0 aliphatic carbocycles. The molecule has 1 amide bonds. The predicted octanol–water partition coefficient (Wildman–Crippen LogP) is 2.48. The second-order valence-corrected chi connectivity index (χ2v) is 7.30. The number of ether oxygens (including phenoxy) is 2. The van der Waals surface area contributed by atoms with E-state index in [1.54, 1.807) is 0 Å². The molecule has 0 spiro atoms. The highest BCUT2D eigenvalue weighted by atomic mass is 16.5. The van der Waals surface area contributed by atoms with Crippen LogP contribution in [0.3, 0.4) is 0 Å². The average Bonchev–Trinajstić information content (AvgIpc) is 3.14. The molecule has 1 fully saturated rings. The fraction of sp³-hybridized carbons (Fsp3) is 0.524. The summed E-state index contributed by atoms with van der Waals surface area (Å²) < 4.78 is 13.2. The maximum Gasteiger partial charge on any atom is 0.226 e. The largest absolute Gasteiger partial charge is 0.494 e. The summed E-state index contributed by atoms with van der Waals surface area (Å²) in [6, 6.07) is 8.11. The molecule has 1 aromatic carbocycles. The van der Waals surface area contributed by atoms with E-state index in [1.165, 1.54) is 0 Å². The zero-order chi connectivity index (χ0) is 19.3. The number of nitrogens with one attached hydrogen (secondary N) is 1. The van der Waals surface area contributed by atoms with Crippen molar-refractivity contribution in [2.24, 2.45) is 0 Å². The lowest BCUT2D eigenvalue weighted by Crippen LogP contribution is -2.37. The minimum Gasteiger partial charge on any atom is -0.494 e. The van der Waals surface area contributed by atoms with Crippen LogP contribution in [-0.2, 0) is 16.1 Å². The third-order valence-electron chi connectivity index (χ3n) is 5.44. The van der Waals surface area contributed by atoms with E-state index in [0.717, 1.165) is 68.5 Å². The van der Waals surface area contributed by atoms with Gasteiger partial charge in [0.05, 0.1) is 26.0 Å². The average molecular weight is 384 g/mol. The van der Waals surface area contributed by atoms with Crippen molar-refractivity contribution in [1.29, 1.82) is 0 Å². The SMILES string of the molecule is CCn1ncc2c1NC(=O)CC2c1cccc(OCCCN2CCOCC2)c1. The number of hydrogen-bond donors (Lipinski definition) is 1. The first-order chi connectivity index (χ1) is 13.7. The third kappa shape index (κ3) is 4.20. The van der Waals surface area contributed by atoms with E-state index in [9.17, 15) is 4.79 Å². The van der Waals surface area contributed by atoms with Crippen LogP contribution in [0.5, 0.6) is 5.75 Å². The number of benzene rings is 1. The van der Waals surface area contributed by atoms with Crippen LogP contribution in [0.25, 0.3) is 0 Å². The summed E-state index contributed by atoms with van der Waals surface area (Å²) in [6.45, 7) is 8.14. The summed E-state index contributed by atoms with van der Waals surface area (Å²) in [5, 5.41) is 7.37. The first kappa shape index (κ1) is 19.0. The fourth-order valence-electron chi connectivity index (χ4n) is 3.93. The molecule has 3 heterocycles. The van der Waals surface area contributed by atoms with Gasteiger partial charge in [0, 0.05) is 44.1 Å². The van der Waals surface area contributed by atoms with Crippen molar-refractivity contribution in [3.63, 3.8) is 0 Å². The highest BCUT2D eigenvalue weighted by Crippen LogP contribution is 2.37. The van der Waals surface area contributed by atoms with E-state index in [1.807, 2.05) is 29.9 Å². The molecule has 1 N–H and O–H groups in total. The van der Waals surface area contributed by atoms with Gasteiger partial charge in [-0.2, -0.15) is 5.10 Å². The Balaban J connectivity index is 1.40. The molecule has 7 heteroatoms. The summed E-state index contributed by atoms with van der Waals surface area (Å²) in [5.41, 5.74) is 2.17. The van der Waals surface area contributed by atoms with E-state index in [2.05, 4.69) is 27.4 Å². The number of carbonyl (C=O) groups is 1. The van der Waals surface area contributed by atoms with Crippen molar-refractivity contribution in [1.82, 2.24) is 14.7 Å². The molecule has 1 atom stereocenters. The molecule has 2 aliphatic heterocycles. The fourth-order valence-corrected chi connectivity index (χ4v) is 3.93. The molecular weight excluding hydrogens is 356 g/mol. The standard InChI is InChI=1S/C21H28N4O3/c1-2-25-21-19(15-22-25)18(14-20(26)23-21)16-5-3-6-17(13-16)28-10-4-7-24-8-11-27-12-9-24/h3,5-6,13,15,18H,2,4,7-12,14H2,1H3,(H,23,26). The van der Waals surface area contributed by atoms with Gasteiger partial charge in [-0.15, -0.1) is 0 Å². The summed E-state index contributed by atoms with van der Waals surface area (Å²) in [7, 11) is 0. The van der Waals surface area contributed by atoms with Crippen LogP contribution in [0.4, 0.5) is 5.82 Å². The van der Waals surface area contributed by atoms with Gasteiger partial charge in [-0.1, -0.05) is 12.1 Å². The lowest BCUT2D eigenvalue weighted by molar-refractivity contribution is -0.116. The lowest BCUT2D eigenvalue weighted by Gasteiger charge is -2.26. The van der Waals surface area contributed by atoms with Crippen LogP contribution in [0.1, 0.15) is 36.8 Å². The summed E-state index contributed by atoms with van der Waals surface area (Å²) >= 11 is 0. The second-order valence-electron chi connectivity index (χ2n) is 7.30. The van der Waals surface area contributed by atoms with Crippen LogP contribution in [0, 0.1) is 0 Å². The Morgan fingerprint density at radius 2 is 2.18 bits per heavy atom. The number of aromatic nitrogens is 2. The molecule has 1 aromatic heterocycles. The molecule has 28 heavy (non-hydrogen) atoms. The van der Waals surface area contributed by atoms with Crippen LogP contribution in [0.15, 0.2) is 30.5 Å². The molecule has 7 nitrogen and oxygen atoms in total. The molecule has 2 aliphatic rings. The highest BCUT2D eigenvalue weighted by molar-refractivity contribution is 5.94. The maximum absolute atomic E-state index is 12.2. The monoisotopic (exact) mass is 384 g/mol. The number of carbonyl (C=O) groups excluding carboxylic acids is 1. The van der Waals surface area contributed by atoms with Crippen molar-refractivity contribution in [2.75, 3.05) is 44.8 Å². The van der Waals surface area contributed by atoms with Gasteiger partial charge in [0.25, 0.3) is 0 Å². The predicted molar refractivity (Wildman–Crippen MR) is 107 cm³/mol. The molecule has 0 bridgehead atoms. The number of nitrogens with zero attached hydrogens (tertiary/aromatic N) is 3. The van der Waals surface area contributed by atoms with Gasteiger partial charge in [-0.3, -0.25) is 9.69 Å². The molecule has 1 unspecified atom stereocenters. The third-order valence-corrected chi connectivity index (χ3v) is 5.44. The van der Waals surface area contributed by atoms with Gasteiger partial charge in [-0.25, -0.2) is 4.68 Å². The topological polar surface area (TPSA) is 68.6 Å². The number of amides is 1. The van der Waals surface area contributed by atoms with E-state index < -0.39 is 0 Å². The molecule has 150 valence electrons. The Kier molecular flexibility index (Phi) is 5.92. The zero-order valence-corrected chi connectivity index (χ0v) is 16.4. The number of anilines is 1. The minimum atomic E-state index is 0.0148. The Morgan fingerprint density at radius 1 is 1.32 bits per heavy atom. The van der Waals surface area contributed by atoms with E-state index in [0.29, 0.717) is 13.0 Å². The first-order valence-electron chi connectivity index (χ1n) is 10.1. The summed E-state index contributed by atoms with van der Waals surface area (Å²) in [6.07, 6.45) is 3.30. The maximum atomic E-state index is 12.2. The van der Waals surface area contributed by atoms with Crippen molar-refractivity contribution >= 4 is 11.7 Å². The smallest absolute Gasteiger partial charge is 0.226 e. The van der Waals surface area contributed by atoms with Crippen molar-refractivity contribution in [3.8, 4) is 5.75 Å². The van der Waals surface area contributed by atoms with Crippen molar-refractivity contribution < 1.29 is 14.3 Å². The number of hydrogen-bond acceptors (Lipinski definition) is 5. The number of fused-ring (bicyclic) bond motifs is 1. The molecule has 0 radical (unpaired) electrons. The second kappa shape index (κ2) is 8.75. The number of aryl methyl sites for hydroxylation is 1. The number of rotatable bonds is 7. The van der Waals surface area contributed by atoms with Crippen molar-refractivity contribution in [3.05, 3.63) is 41.6 Å². The molecular formula is C21H28N4O3. The Hall–Kier alpha value is -2.38. The Morgan fingerprint density at radius 3 is 3.00 bits per heavy atom. The van der Waals surface area contributed by atoms with Crippen LogP contribution < -0.4 is 10.1 Å². The van der Waals surface area contributed by atoms with Crippen LogP contribution >= 0.6 is 0 Å². The van der Waals surface area contributed by atoms with E-state index in [4.69, 9.17) is 9.47 Å². The Labute approximate surface area is 165 Å². The molecule has 2 aromatic rings. The van der Waals surface area contributed by atoms with Crippen molar-refractivity contribution in [2.45, 2.75) is 32.2 Å². The van der Waals surface area contributed by atoms with Gasteiger partial charge in [0.2, 0.25) is 5.91 Å². The minimum absolute atomic E-state index is 0.0148. The lowest BCUT2D eigenvalue weighted by atomic mass is 9.87. The molecule has 4 rings (SSSR count). The van der Waals surface area contributed by atoms with Gasteiger partial charge in [-0.05, 0) is 31.0 Å². The quantitative estimate of drug-likeness (QED) is 0.743. The van der Waals surface area contributed by atoms with Gasteiger partial charge in [0.15, 0.2) is 0 Å². The van der Waals surface area contributed by atoms with E-state index >= 15 is 0 Å². The van der Waals surface area contributed by atoms with E-state index in [-0.39, 0.29) is 11.8 Å². The van der Waals surface area contributed by atoms with Crippen LogP contribution in [-0.4, -0.2) is 60.0 Å². The Bertz CT molecular complexity index is 814. The zero-order valence-electron chi connectivity index (χ0n) is 16.4. The van der Waals surface area contributed by atoms with Gasteiger partial charge < -0.3 is 14.8 Å². The number of morpholine rings is 1. The first-order valence-corrected chi connectivity index (χ1v) is 10.1. The summed E-state index contributed by atoms with van der Waals surface area (Å²) in [5.74, 6) is 1.72. The summed E-state index contributed by atoms with van der Waals surface area (Å²) in [4.78, 5) is 14.6. The normalized spacial score (nSPS) is 19.9. The van der Waals surface area contributed by atoms with Gasteiger partial charge >= 0.3 is 0 Å². The highest BCUT2D eigenvalue weighted by Gasteiger charge is 2.29. The van der Waals surface area contributed by atoms with Crippen LogP contribution in [0.2, 0.25) is 0 Å².